The van der Waals surface area contributed by atoms with Crippen molar-refractivity contribution in [1.82, 2.24) is 10.4 Å². The molecule has 0 unspecified atom stereocenters. The van der Waals surface area contributed by atoms with Crippen LogP contribution in [-0.4, -0.2) is 17.1 Å². The van der Waals surface area contributed by atoms with Crippen molar-refractivity contribution in [2.75, 3.05) is 0 Å². The standard InChI is InChI=1S/C24H18BrN3O/c25-20-13-11-17(12-14-20)16-26-28-24(29)23-21(18-7-3-1-4-8-18)15-22(27-23)19-9-5-2-6-10-19/h1-16,27H,(H,28,29)/b26-16-. The lowest BCUT2D eigenvalue weighted by atomic mass is 10.0. The van der Waals surface area contributed by atoms with Gasteiger partial charge in [-0.05, 0) is 34.9 Å². The molecule has 1 aromatic heterocycles. The molecular formula is C24H18BrN3O. The fourth-order valence-corrected chi connectivity index (χ4v) is 3.29. The summed E-state index contributed by atoms with van der Waals surface area (Å²) in [6.07, 6.45) is 1.62. The number of amides is 1. The molecule has 3 aromatic carbocycles. The summed E-state index contributed by atoms with van der Waals surface area (Å²) in [5, 5.41) is 4.10. The van der Waals surface area contributed by atoms with Gasteiger partial charge in [-0.15, -0.1) is 0 Å². The lowest BCUT2D eigenvalue weighted by molar-refractivity contribution is 0.0951. The molecule has 0 radical (unpaired) electrons. The predicted octanol–water partition coefficient (Wildman–Crippen LogP) is 5.88. The summed E-state index contributed by atoms with van der Waals surface area (Å²) < 4.78 is 0.992. The SMILES string of the molecule is O=C(N/N=C\c1ccc(Br)cc1)c1[nH]c(-c2ccccc2)cc1-c1ccccc1. The zero-order chi connectivity index (χ0) is 20.1. The van der Waals surface area contributed by atoms with Crippen LogP contribution in [0.25, 0.3) is 22.4 Å². The first-order chi connectivity index (χ1) is 14.2. The fraction of sp³-hybridized carbons (Fsp3) is 0. The van der Waals surface area contributed by atoms with Gasteiger partial charge in [0, 0.05) is 15.7 Å². The van der Waals surface area contributed by atoms with Crippen LogP contribution in [0.1, 0.15) is 16.1 Å². The first-order valence-corrected chi connectivity index (χ1v) is 9.93. The van der Waals surface area contributed by atoms with Crippen LogP contribution in [0.3, 0.4) is 0 Å². The van der Waals surface area contributed by atoms with Crippen LogP contribution in [0.15, 0.2) is 101 Å². The van der Waals surface area contributed by atoms with Crippen molar-refractivity contribution in [3.8, 4) is 22.4 Å². The molecule has 0 bridgehead atoms. The predicted molar refractivity (Wildman–Crippen MR) is 121 cm³/mol. The van der Waals surface area contributed by atoms with E-state index in [4.69, 9.17) is 0 Å². The van der Waals surface area contributed by atoms with Gasteiger partial charge in [0.15, 0.2) is 0 Å². The van der Waals surface area contributed by atoms with Crippen molar-refractivity contribution in [2.24, 2.45) is 5.10 Å². The minimum Gasteiger partial charge on any atom is -0.350 e. The van der Waals surface area contributed by atoms with Crippen LogP contribution in [0.2, 0.25) is 0 Å². The number of aromatic nitrogens is 1. The van der Waals surface area contributed by atoms with Gasteiger partial charge in [-0.3, -0.25) is 4.79 Å². The second kappa shape index (κ2) is 8.71. The second-order valence-electron chi connectivity index (χ2n) is 6.45. The van der Waals surface area contributed by atoms with Gasteiger partial charge in [-0.25, -0.2) is 5.43 Å². The molecule has 0 atom stereocenters. The Morgan fingerprint density at radius 1 is 0.862 bits per heavy atom. The Hall–Kier alpha value is -3.44. The van der Waals surface area contributed by atoms with Crippen LogP contribution in [0.5, 0.6) is 0 Å². The number of benzene rings is 3. The Labute approximate surface area is 177 Å². The number of hydrogen-bond acceptors (Lipinski definition) is 2. The van der Waals surface area contributed by atoms with E-state index < -0.39 is 0 Å². The highest BCUT2D eigenvalue weighted by Gasteiger charge is 2.17. The van der Waals surface area contributed by atoms with E-state index in [2.05, 4.69) is 31.4 Å². The van der Waals surface area contributed by atoms with E-state index in [1.807, 2.05) is 91.0 Å². The quantitative estimate of drug-likeness (QED) is 0.293. The Kier molecular flexibility index (Phi) is 5.68. The number of hydrazone groups is 1. The Morgan fingerprint density at radius 3 is 2.14 bits per heavy atom. The third-order valence-corrected chi connectivity index (χ3v) is 4.99. The maximum atomic E-state index is 12.9. The smallest absolute Gasteiger partial charge is 0.288 e. The number of carbonyl (C=O) groups excluding carboxylic acids is 1. The van der Waals surface area contributed by atoms with Crippen LogP contribution in [0.4, 0.5) is 0 Å². The average Bonchev–Trinajstić information content (AvgIpc) is 3.22. The Morgan fingerprint density at radius 2 is 1.48 bits per heavy atom. The van der Waals surface area contributed by atoms with E-state index in [1.54, 1.807) is 6.21 Å². The van der Waals surface area contributed by atoms with Crippen molar-refractivity contribution in [1.29, 1.82) is 0 Å². The van der Waals surface area contributed by atoms with Crippen LogP contribution in [0, 0.1) is 0 Å². The average molecular weight is 444 g/mol. The topological polar surface area (TPSA) is 57.2 Å². The van der Waals surface area contributed by atoms with Crippen molar-refractivity contribution < 1.29 is 4.79 Å². The van der Waals surface area contributed by atoms with Gasteiger partial charge in [-0.1, -0.05) is 88.7 Å². The van der Waals surface area contributed by atoms with Crippen molar-refractivity contribution >= 4 is 28.1 Å². The van der Waals surface area contributed by atoms with E-state index in [0.717, 1.165) is 32.4 Å². The van der Waals surface area contributed by atoms with E-state index in [1.165, 1.54) is 0 Å². The molecule has 0 saturated carbocycles. The zero-order valence-electron chi connectivity index (χ0n) is 15.5. The molecule has 2 N–H and O–H groups in total. The van der Waals surface area contributed by atoms with Gasteiger partial charge in [0.05, 0.1) is 6.21 Å². The summed E-state index contributed by atoms with van der Waals surface area (Å²) in [6, 6.07) is 29.4. The zero-order valence-corrected chi connectivity index (χ0v) is 17.1. The van der Waals surface area contributed by atoms with E-state index in [-0.39, 0.29) is 5.91 Å². The Balaban J connectivity index is 1.63. The molecule has 1 heterocycles. The summed E-state index contributed by atoms with van der Waals surface area (Å²) in [5.74, 6) is -0.292. The minimum atomic E-state index is -0.292. The van der Waals surface area contributed by atoms with Gasteiger partial charge >= 0.3 is 0 Å². The fourth-order valence-electron chi connectivity index (χ4n) is 3.02. The molecule has 4 aromatic rings. The van der Waals surface area contributed by atoms with Crippen LogP contribution in [-0.2, 0) is 0 Å². The minimum absolute atomic E-state index is 0.292. The summed E-state index contributed by atoms with van der Waals surface area (Å²) in [7, 11) is 0. The molecule has 4 rings (SSSR count). The van der Waals surface area contributed by atoms with Gasteiger partial charge in [-0.2, -0.15) is 5.10 Å². The Bertz CT molecular complexity index is 1130. The molecule has 0 saturated heterocycles. The molecule has 0 fully saturated rings. The molecular weight excluding hydrogens is 426 g/mol. The molecule has 0 spiro atoms. The highest BCUT2D eigenvalue weighted by atomic mass is 79.9. The van der Waals surface area contributed by atoms with Gasteiger partial charge < -0.3 is 4.98 Å². The molecule has 5 heteroatoms. The van der Waals surface area contributed by atoms with Gasteiger partial charge in [0.25, 0.3) is 5.91 Å². The van der Waals surface area contributed by atoms with Crippen molar-refractivity contribution in [2.45, 2.75) is 0 Å². The first kappa shape index (κ1) is 18.9. The number of halogens is 1. The molecule has 4 nitrogen and oxygen atoms in total. The summed E-state index contributed by atoms with van der Waals surface area (Å²) in [5.41, 5.74) is 7.69. The van der Waals surface area contributed by atoms with E-state index in [0.29, 0.717) is 5.69 Å². The normalized spacial score (nSPS) is 10.9. The van der Waals surface area contributed by atoms with Gasteiger partial charge in [0.1, 0.15) is 5.69 Å². The highest BCUT2D eigenvalue weighted by Crippen LogP contribution is 2.29. The van der Waals surface area contributed by atoms with E-state index in [9.17, 15) is 4.79 Å². The molecule has 0 aliphatic carbocycles. The number of H-pyrrole nitrogens is 1. The number of nitrogens with one attached hydrogen (secondary N) is 2. The lowest BCUT2D eigenvalue weighted by Crippen LogP contribution is -2.18. The van der Waals surface area contributed by atoms with Gasteiger partial charge in [0.2, 0.25) is 0 Å². The number of hydrogen-bond donors (Lipinski definition) is 2. The van der Waals surface area contributed by atoms with Crippen LogP contribution < -0.4 is 5.43 Å². The molecule has 142 valence electrons. The number of nitrogens with zero attached hydrogens (tertiary/aromatic N) is 1. The third kappa shape index (κ3) is 4.52. The monoisotopic (exact) mass is 443 g/mol. The first-order valence-electron chi connectivity index (χ1n) is 9.13. The number of carbonyl (C=O) groups is 1. The molecule has 0 aliphatic rings. The number of aromatic amines is 1. The third-order valence-electron chi connectivity index (χ3n) is 4.46. The van der Waals surface area contributed by atoms with Crippen molar-refractivity contribution in [3.05, 3.63) is 107 Å². The molecule has 29 heavy (non-hydrogen) atoms. The molecule has 1 amide bonds. The lowest BCUT2D eigenvalue weighted by Gasteiger charge is -2.03. The highest BCUT2D eigenvalue weighted by molar-refractivity contribution is 9.10. The van der Waals surface area contributed by atoms with Crippen LogP contribution >= 0.6 is 15.9 Å². The summed E-state index contributed by atoms with van der Waals surface area (Å²) in [6.45, 7) is 0. The molecule has 0 aliphatic heterocycles. The van der Waals surface area contributed by atoms with E-state index >= 15 is 0 Å². The maximum Gasteiger partial charge on any atom is 0.288 e. The largest absolute Gasteiger partial charge is 0.350 e. The number of rotatable bonds is 5. The second-order valence-corrected chi connectivity index (χ2v) is 7.37. The summed E-state index contributed by atoms with van der Waals surface area (Å²) >= 11 is 3.40. The summed E-state index contributed by atoms with van der Waals surface area (Å²) in [4.78, 5) is 16.1. The maximum absolute atomic E-state index is 12.9. The van der Waals surface area contributed by atoms with Crippen molar-refractivity contribution in [3.63, 3.8) is 0 Å².